The lowest BCUT2D eigenvalue weighted by Crippen LogP contribution is -1.95. The minimum Gasteiger partial charge on any atom is -0.376 e. The summed E-state index contributed by atoms with van der Waals surface area (Å²) in [5, 5.41) is 0. The summed E-state index contributed by atoms with van der Waals surface area (Å²) >= 11 is 5.44. The molecule has 0 aliphatic carbocycles. The molecular weight excluding hydrogens is 160 g/mol. The smallest absolute Gasteiger partial charge is 0.0717 e. The first kappa shape index (κ1) is 8.57. The molecule has 2 heteroatoms. The highest BCUT2D eigenvalue weighted by atomic mass is 35.5. The second-order valence-corrected chi connectivity index (χ2v) is 2.61. The number of hydrogen-bond donors (Lipinski definition) is 0. The number of ether oxygens (including phenoxy) is 1. The maximum Gasteiger partial charge on any atom is 0.0717 e. The van der Waals surface area contributed by atoms with E-state index in [1.165, 1.54) is 5.56 Å². The van der Waals surface area contributed by atoms with Crippen LogP contribution in [0.5, 0.6) is 0 Å². The summed E-state index contributed by atoms with van der Waals surface area (Å²) in [5.41, 5.74) is 1.19. The van der Waals surface area contributed by atoms with Crippen molar-refractivity contribution in [2.24, 2.45) is 0 Å². The van der Waals surface area contributed by atoms with Crippen molar-refractivity contribution < 1.29 is 4.74 Å². The fourth-order valence-electron chi connectivity index (χ4n) is 0.819. The summed E-state index contributed by atoms with van der Waals surface area (Å²) < 4.78 is 5.24. The number of rotatable bonds is 4. The zero-order valence-corrected chi connectivity index (χ0v) is 7.05. The summed E-state index contributed by atoms with van der Waals surface area (Å²) in [6.45, 7) is 1.28. The molecule has 1 aromatic rings. The third kappa shape index (κ3) is 3.40. The largest absolute Gasteiger partial charge is 0.376 e. The second-order valence-electron chi connectivity index (χ2n) is 2.23. The van der Waals surface area contributed by atoms with Crippen molar-refractivity contribution >= 4 is 11.6 Å². The fraction of sp³-hybridized carbons (Fsp3) is 0.333. The zero-order valence-electron chi connectivity index (χ0n) is 6.29. The van der Waals surface area contributed by atoms with Gasteiger partial charge in [-0.25, -0.2) is 0 Å². The molecule has 0 fully saturated rings. The van der Waals surface area contributed by atoms with E-state index < -0.39 is 0 Å². The number of hydrogen-bond acceptors (Lipinski definition) is 1. The van der Waals surface area contributed by atoms with Crippen molar-refractivity contribution in [1.29, 1.82) is 0 Å². The Morgan fingerprint density at radius 2 is 1.91 bits per heavy atom. The van der Waals surface area contributed by atoms with Crippen molar-refractivity contribution in [3.63, 3.8) is 0 Å². The van der Waals surface area contributed by atoms with Gasteiger partial charge in [-0.3, -0.25) is 0 Å². The van der Waals surface area contributed by atoms with E-state index in [0.29, 0.717) is 19.1 Å². The maximum atomic E-state index is 5.44. The first-order chi connectivity index (χ1) is 5.43. The predicted molar refractivity (Wildman–Crippen MR) is 46.8 cm³/mol. The molecule has 0 bridgehead atoms. The second kappa shape index (κ2) is 5.16. The lowest BCUT2D eigenvalue weighted by molar-refractivity contribution is 0.136. The summed E-state index contributed by atoms with van der Waals surface area (Å²) in [5.74, 6) is 0.562. The van der Waals surface area contributed by atoms with Crippen LogP contribution in [0.3, 0.4) is 0 Å². The van der Waals surface area contributed by atoms with Crippen molar-refractivity contribution in [3.8, 4) is 0 Å². The molecule has 1 aromatic carbocycles. The molecule has 0 amide bonds. The van der Waals surface area contributed by atoms with Gasteiger partial charge in [0.2, 0.25) is 0 Å². The van der Waals surface area contributed by atoms with Crippen LogP contribution in [-0.2, 0) is 11.3 Å². The van der Waals surface area contributed by atoms with E-state index in [9.17, 15) is 0 Å². The molecule has 0 saturated heterocycles. The molecular formula is C9H11ClO. The van der Waals surface area contributed by atoms with E-state index in [0.717, 1.165) is 0 Å². The normalized spacial score (nSPS) is 9.91. The Labute approximate surface area is 71.9 Å². The Morgan fingerprint density at radius 1 is 1.18 bits per heavy atom. The van der Waals surface area contributed by atoms with Crippen LogP contribution < -0.4 is 0 Å². The number of halogens is 1. The predicted octanol–water partition coefficient (Wildman–Crippen LogP) is 2.44. The summed E-state index contributed by atoms with van der Waals surface area (Å²) in [7, 11) is 0. The van der Waals surface area contributed by atoms with Crippen LogP contribution in [0, 0.1) is 0 Å². The molecule has 0 saturated carbocycles. The highest BCUT2D eigenvalue weighted by Gasteiger charge is 1.89. The summed E-state index contributed by atoms with van der Waals surface area (Å²) in [4.78, 5) is 0. The monoisotopic (exact) mass is 170 g/mol. The van der Waals surface area contributed by atoms with Gasteiger partial charge in [0.1, 0.15) is 0 Å². The Balaban J connectivity index is 2.28. The third-order valence-electron chi connectivity index (χ3n) is 1.33. The van der Waals surface area contributed by atoms with E-state index >= 15 is 0 Å². The van der Waals surface area contributed by atoms with Gasteiger partial charge in [-0.2, -0.15) is 0 Å². The van der Waals surface area contributed by atoms with Gasteiger partial charge in [0, 0.05) is 5.88 Å². The lowest BCUT2D eigenvalue weighted by Gasteiger charge is -2.00. The molecule has 0 atom stereocenters. The third-order valence-corrected chi connectivity index (χ3v) is 1.49. The van der Waals surface area contributed by atoms with E-state index in [1.54, 1.807) is 0 Å². The molecule has 0 N–H and O–H groups in total. The van der Waals surface area contributed by atoms with E-state index in [4.69, 9.17) is 16.3 Å². The van der Waals surface area contributed by atoms with Gasteiger partial charge in [-0.1, -0.05) is 30.3 Å². The Bertz CT molecular complexity index is 186. The van der Waals surface area contributed by atoms with E-state index in [-0.39, 0.29) is 0 Å². The van der Waals surface area contributed by atoms with Crippen molar-refractivity contribution in [2.75, 3.05) is 12.5 Å². The fourth-order valence-corrected chi connectivity index (χ4v) is 0.928. The van der Waals surface area contributed by atoms with Crippen LogP contribution in [0.2, 0.25) is 0 Å². The molecule has 1 nitrogen and oxygen atoms in total. The summed E-state index contributed by atoms with van der Waals surface area (Å²) in [6, 6.07) is 10.1. The lowest BCUT2D eigenvalue weighted by atomic mass is 10.2. The number of benzene rings is 1. The van der Waals surface area contributed by atoms with Gasteiger partial charge < -0.3 is 4.74 Å². The van der Waals surface area contributed by atoms with Crippen molar-refractivity contribution in [1.82, 2.24) is 0 Å². The molecule has 0 aliphatic heterocycles. The maximum absolute atomic E-state index is 5.44. The first-order valence-electron chi connectivity index (χ1n) is 3.61. The van der Waals surface area contributed by atoms with Crippen LogP contribution in [0.15, 0.2) is 30.3 Å². The van der Waals surface area contributed by atoms with Gasteiger partial charge >= 0.3 is 0 Å². The minimum atomic E-state index is 0.562. The SMILES string of the molecule is ClCCOCc1ccccc1. The Morgan fingerprint density at radius 3 is 2.55 bits per heavy atom. The highest BCUT2D eigenvalue weighted by Crippen LogP contribution is 1.99. The van der Waals surface area contributed by atoms with Crippen molar-refractivity contribution in [3.05, 3.63) is 35.9 Å². The number of alkyl halides is 1. The van der Waals surface area contributed by atoms with Crippen LogP contribution >= 0.6 is 11.6 Å². The topological polar surface area (TPSA) is 9.23 Å². The van der Waals surface area contributed by atoms with Crippen LogP contribution in [0.1, 0.15) is 5.56 Å². The molecule has 0 aliphatic rings. The highest BCUT2D eigenvalue weighted by molar-refractivity contribution is 6.17. The molecule has 0 unspecified atom stereocenters. The zero-order chi connectivity index (χ0) is 7.94. The average molecular weight is 171 g/mol. The quantitative estimate of drug-likeness (QED) is 0.498. The van der Waals surface area contributed by atoms with Gasteiger partial charge in [0.25, 0.3) is 0 Å². The molecule has 0 aromatic heterocycles. The molecule has 11 heavy (non-hydrogen) atoms. The molecule has 1 rings (SSSR count). The Kier molecular flexibility index (Phi) is 4.02. The molecule has 0 radical (unpaired) electrons. The standard InChI is InChI=1S/C9H11ClO/c10-6-7-11-8-9-4-2-1-3-5-9/h1-5H,6-8H2. The van der Waals surface area contributed by atoms with Crippen LogP contribution in [-0.4, -0.2) is 12.5 Å². The van der Waals surface area contributed by atoms with Gasteiger partial charge in [-0.05, 0) is 5.56 Å². The first-order valence-corrected chi connectivity index (χ1v) is 4.14. The minimum absolute atomic E-state index is 0.562. The summed E-state index contributed by atoms with van der Waals surface area (Å²) in [6.07, 6.45) is 0. The van der Waals surface area contributed by atoms with E-state index in [1.807, 2.05) is 30.3 Å². The molecule has 0 heterocycles. The van der Waals surface area contributed by atoms with Gasteiger partial charge in [0.05, 0.1) is 13.2 Å². The van der Waals surface area contributed by atoms with Crippen molar-refractivity contribution in [2.45, 2.75) is 6.61 Å². The average Bonchev–Trinajstić information content (AvgIpc) is 2.07. The van der Waals surface area contributed by atoms with Crippen LogP contribution in [0.4, 0.5) is 0 Å². The van der Waals surface area contributed by atoms with Gasteiger partial charge in [-0.15, -0.1) is 11.6 Å². The molecule has 60 valence electrons. The Hall–Kier alpha value is -0.530. The van der Waals surface area contributed by atoms with E-state index in [2.05, 4.69) is 0 Å². The molecule has 0 spiro atoms. The van der Waals surface area contributed by atoms with Gasteiger partial charge in [0.15, 0.2) is 0 Å². The van der Waals surface area contributed by atoms with Crippen LogP contribution in [0.25, 0.3) is 0 Å².